The van der Waals surface area contributed by atoms with Crippen LogP contribution >= 0.6 is 11.3 Å². The maximum Gasteiger partial charge on any atom is 0.274 e. The molecule has 0 aliphatic carbocycles. The molecule has 1 aliphatic rings. The number of nitrogens with zero attached hydrogens (tertiary/aromatic N) is 5. The van der Waals surface area contributed by atoms with Crippen LogP contribution in [0.4, 0.5) is 0 Å². The highest BCUT2D eigenvalue weighted by Gasteiger charge is 2.25. The molecule has 1 saturated heterocycles. The summed E-state index contributed by atoms with van der Waals surface area (Å²) in [6.07, 6.45) is 7.84. The minimum atomic E-state index is 0.0664. The number of aryl methyl sites for hydroxylation is 1. The minimum Gasteiger partial charge on any atom is -0.360 e. The fourth-order valence-corrected chi connectivity index (χ4v) is 4.56. The largest absolute Gasteiger partial charge is 0.360 e. The van der Waals surface area contributed by atoms with Crippen LogP contribution in [0.1, 0.15) is 59.7 Å². The highest BCUT2D eigenvalue weighted by atomic mass is 32.1. The summed E-state index contributed by atoms with van der Waals surface area (Å²) < 4.78 is 7.38. The number of imidazole rings is 1. The topological polar surface area (TPSA) is 66.9 Å². The number of carbonyl (C=O) groups excluding carboxylic acids is 1. The molecule has 3 aromatic rings. The summed E-state index contributed by atoms with van der Waals surface area (Å²) in [5.74, 6) is 0.888. The second kappa shape index (κ2) is 8.45. The first-order valence-corrected chi connectivity index (χ1v) is 10.8. The zero-order valence-corrected chi connectivity index (χ0v) is 17.4. The molecular weight excluding hydrogens is 374 g/mol. The first-order valence-electron chi connectivity index (χ1n) is 9.96. The maximum absolute atomic E-state index is 13.3. The summed E-state index contributed by atoms with van der Waals surface area (Å²) in [6.45, 7) is 4.83. The number of thiazole rings is 1. The predicted octanol–water partition coefficient (Wildman–Crippen LogP) is 3.73. The molecule has 28 heavy (non-hydrogen) atoms. The van der Waals surface area contributed by atoms with E-state index in [1.807, 2.05) is 40.9 Å². The first kappa shape index (κ1) is 19.1. The third-order valence-electron chi connectivity index (χ3n) is 5.23. The van der Waals surface area contributed by atoms with Crippen molar-refractivity contribution in [3.05, 3.63) is 40.5 Å². The Balaban J connectivity index is 1.56. The lowest BCUT2D eigenvalue weighted by Crippen LogP contribution is -2.35. The van der Waals surface area contributed by atoms with Gasteiger partial charge < -0.3 is 9.42 Å². The van der Waals surface area contributed by atoms with Crippen molar-refractivity contribution in [2.24, 2.45) is 0 Å². The zero-order valence-electron chi connectivity index (χ0n) is 16.6. The molecule has 1 aliphatic heterocycles. The quantitative estimate of drug-likeness (QED) is 0.652. The number of likely N-dealkylation sites (tertiary alicyclic amines) is 1. The average molecular weight is 402 g/mol. The third kappa shape index (κ3) is 4.12. The lowest BCUT2D eigenvalue weighted by molar-refractivity contribution is 0.0735. The molecule has 0 N–H and O–H groups in total. The number of amides is 1. The molecule has 4 heterocycles. The highest BCUT2D eigenvalue weighted by Crippen LogP contribution is 2.22. The zero-order chi connectivity index (χ0) is 19.5. The highest BCUT2D eigenvalue weighted by molar-refractivity contribution is 7.15. The SMILES string of the molecule is Cc1cc(CN(C)Cc2c(C(=O)N3CCCCCCC3)nc3sccn23)on1. The van der Waals surface area contributed by atoms with E-state index in [1.54, 1.807) is 11.3 Å². The number of fused-ring (bicyclic) bond motifs is 1. The van der Waals surface area contributed by atoms with E-state index >= 15 is 0 Å². The standard InChI is InChI=1S/C20H27N5O2S/c1-15-12-16(27-22-15)13-23(2)14-17-18(21-20-25(17)10-11-28-20)19(26)24-8-6-4-3-5-7-9-24/h10-12H,3-9,13-14H2,1-2H3. The van der Waals surface area contributed by atoms with Crippen LogP contribution in [0.5, 0.6) is 0 Å². The molecule has 1 amide bonds. The van der Waals surface area contributed by atoms with E-state index in [0.29, 0.717) is 18.8 Å². The molecular formula is C20H27N5O2S. The van der Waals surface area contributed by atoms with Gasteiger partial charge in [0.05, 0.1) is 17.9 Å². The summed E-state index contributed by atoms with van der Waals surface area (Å²) >= 11 is 1.56. The fourth-order valence-electron chi connectivity index (χ4n) is 3.82. The van der Waals surface area contributed by atoms with E-state index in [0.717, 1.165) is 48.0 Å². The van der Waals surface area contributed by atoms with Crippen LogP contribution in [-0.2, 0) is 13.1 Å². The summed E-state index contributed by atoms with van der Waals surface area (Å²) in [5, 5.41) is 5.96. The van der Waals surface area contributed by atoms with Crippen LogP contribution in [0, 0.1) is 6.92 Å². The van der Waals surface area contributed by atoms with Crippen LogP contribution in [-0.4, -0.2) is 50.4 Å². The van der Waals surface area contributed by atoms with Crippen molar-refractivity contribution in [2.75, 3.05) is 20.1 Å². The van der Waals surface area contributed by atoms with Crippen LogP contribution in [0.25, 0.3) is 4.96 Å². The van der Waals surface area contributed by atoms with E-state index in [-0.39, 0.29) is 5.91 Å². The van der Waals surface area contributed by atoms with E-state index in [2.05, 4.69) is 10.1 Å². The van der Waals surface area contributed by atoms with Gasteiger partial charge in [-0.3, -0.25) is 14.1 Å². The van der Waals surface area contributed by atoms with E-state index in [4.69, 9.17) is 9.51 Å². The number of hydrogen-bond donors (Lipinski definition) is 0. The molecule has 0 radical (unpaired) electrons. The van der Waals surface area contributed by atoms with Crippen molar-refractivity contribution in [1.29, 1.82) is 0 Å². The molecule has 8 heteroatoms. The monoisotopic (exact) mass is 401 g/mol. The van der Waals surface area contributed by atoms with Crippen LogP contribution in [0.3, 0.4) is 0 Å². The molecule has 1 fully saturated rings. The van der Waals surface area contributed by atoms with Gasteiger partial charge in [-0.15, -0.1) is 11.3 Å². The average Bonchev–Trinajstić information content (AvgIpc) is 3.32. The van der Waals surface area contributed by atoms with Crippen LogP contribution in [0.2, 0.25) is 0 Å². The Labute approximate surface area is 168 Å². The van der Waals surface area contributed by atoms with Crippen molar-refractivity contribution in [3.8, 4) is 0 Å². The lowest BCUT2D eigenvalue weighted by atomic mass is 10.1. The van der Waals surface area contributed by atoms with Gasteiger partial charge in [0.25, 0.3) is 5.91 Å². The van der Waals surface area contributed by atoms with Gasteiger partial charge in [-0.2, -0.15) is 0 Å². The molecule has 3 aromatic heterocycles. The van der Waals surface area contributed by atoms with Crippen LogP contribution < -0.4 is 0 Å². The Hall–Kier alpha value is -2.19. The van der Waals surface area contributed by atoms with Gasteiger partial charge in [0.1, 0.15) is 0 Å². The molecule has 0 bridgehead atoms. The van der Waals surface area contributed by atoms with Gasteiger partial charge in [-0.25, -0.2) is 4.98 Å². The van der Waals surface area contributed by atoms with Gasteiger partial charge in [0.15, 0.2) is 16.4 Å². The molecule has 0 unspecified atom stereocenters. The van der Waals surface area contributed by atoms with Crippen molar-refractivity contribution in [2.45, 2.75) is 52.1 Å². The number of aromatic nitrogens is 3. The van der Waals surface area contributed by atoms with Crippen molar-refractivity contribution in [3.63, 3.8) is 0 Å². The molecule has 4 rings (SSSR count). The summed E-state index contributed by atoms with van der Waals surface area (Å²) in [6, 6.07) is 1.94. The first-order chi connectivity index (χ1) is 13.6. The van der Waals surface area contributed by atoms with Crippen molar-refractivity contribution < 1.29 is 9.32 Å². The fraction of sp³-hybridized carbons (Fsp3) is 0.550. The van der Waals surface area contributed by atoms with Crippen LogP contribution in [0.15, 0.2) is 22.2 Å². The molecule has 0 aromatic carbocycles. The minimum absolute atomic E-state index is 0.0664. The van der Waals surface area contributed by atoms with Gasteiger partial charge in [0, 0.05) is 37.3 Å². The number of rotatable bonds is 5. The van der Waals surface area contributed by atoms with E-state index in [9.17, 15) is 4.79 Å². The van der Waals surface area contributed by atoms with Crippen molar-refractivity contribution in [1.82, 2.24) is 24.3 Å². The van der Waals surface area contributed by atoms with Gasteiger partial charge >= 0.3 is 0 Å². The van der Waals surface area contributed by atoms with E-state index in [1.165, 1.54) is 19.3 Å². The summed E-state index contributed by atoms with van der Waals surface area (Å²) in [4.78, 5) is 23.0. The normalized spacial score (nSPS) is 15.9. The Kier molecular flexibility index (Phi) is 5.77. The molecule has 7 nitrogen and oxygen atoms in total. The Morgan fingerprint density at radius 1 is 1.21 bits per heavy atom. The number of carbonyl (C=O) groups is 1. The van der Waals surface area contributed by atoms with Crippen molar-refractivity contribution >= 4 is 22.2 Å². The number of hydrogen-bond acceptors (Lipinski definition) is 6. The van der Waals surface area contributed by atoms with Gasteiger partial charge in [-0.1, -0.05) is 24.4 Å². The molecule has 0 spiro atoms. The summed E-state index contributed by atoms with van der Waals surface area (Å²) in [5.41, 5.74) is 2.41. The van der Waals surface area contributed by atoms with Gasteiger partial charge in [-0.05, 0) is 26.8 Å². The molecule has 150 valence electrons. The summed E-state index contributed by atoms with van der Waals surface area (Å²) in [7, 11) is 2.02. The lowest BCUT2D eigenvalue weighted by Gasteiger charge is -2.25. The molecule has 0 atom stereocenters. The van der Waals surface area contributed by atoms with Gasteiger partial charge in [0.2, 0.25) is 0 Å². The smallest absolute Gasteiger partial charge is 0.274 e. The second-order valence-corrected chi connectivity index (χ2v) is 8.50. The Morgan fingerprint density at radius 3 is 2.68 bits per heavy atom. The van der Waals surface area contributed by atoms with E-state index < -0.39 is 0 Å². The third-order valence-corrected chi connectivity index (χ3v) is 5.99. The Bertz CT molecular complexity index is 936. The maximum atomic E-state index is 13.3. The Morgan fingerprint density at radius 2 is 1.96 bits per heavy atom. The predicted molar refractivity (Wildman–Crippen MR) is 108 cm³/mol. The molecule has 0 saturated carbocycles. The second-order valence-electron chi connectivity index (χ2n) is 7.63.